The molecule has 0 aliphatic carbocycles. The van der Waals surface area contributed by atoms with Crippen LogP contribution in [0.4, 0.5) is 0 Å². The van der Waals surface area contributed by atoms with Crippen molar-refractivity contribution in [3.8, 4) is 0 Å². The molecular weight excluding hydrogens is 84.1 g/mol. The predicted molar refractivity (Wildman–Crippen MR) is 25.7 cm³/mol. The maximum absolute atomic E-state index is 9.81. The summed E-state index contributed by atoms with van der Waals surface area (Å²) in [5.74, 6) is 3.90. The van der Waals surface area contributed by atoms with Crippen molar-refractivity contribution < 1.29 is 4.21 Å². The van der Waals surface area contributed by atoms with Crippen molar-refractivity contribution in [3.63, 3.8) is 0 Å². The van der Waals surface area contributed by atoms with Gasteiger partial charge in [0.05, 0.1) is 0 Å². The van der Waals surface area contributed by atoms with E-state index in [4.69, 9.17) is 0 Å². The minimum absolute atomic E-state index is 0.667. The summed E-state index contributed by atoms with van der Waals surface area (Å²) < 4.78 is 9.81. The average Bonchev–Trinajstić information content (AvgIpc) is 1.38. The SMILES string of the molecule is C=[S-](=O)CC. The quantitative estimate of drug-likeness (QED) is 0.337. The third-order valence-electron chi connectivity index (χ3n) is 0.322. The normalized spacial score (nSPS) is 9.20. The molecule has 0 saturated carbocycles. The monoisotopic (exact) mass is 91.0 g/mol. The first kappa shape index (κ1) is 5.02. The molecule has 0 heterocycles. The van der Waals surface area contributed by atoms with Crippen LogP contribution in [0.25, 0.3) is 0 Å². The second-order valence-corrected chi connectivity index (χ2v) is 2.19. The van der Waals surface area contributed by atoms with Crippen molar-refractivity contribution in [1.29, 1.82) is 0 Å². The van der Waals surface area contributed by atoms with Crippen LogP contribution in [-0.2, 0) is 14.6 Å². The third-order valence-corrected chi connectivity index (χ3v) is 0.966. The number of hydrogen-bond donors (Lipinski definition) is 0. The van der Waals surface area contributed by atoms with Crippen molar-refractivity contribution in [2.45, 2.75) is 6.92 Å². The lowest BCUT2D eigenvalue weighted by Crippen LogP contribution is -1.71. The molecule has 0 unspecified atom stereocenters. The van der Waals surface area contributed by atoms with Gasteiger partial charge in [0.1, 0.15) is 0 Å². The average molecular weight is 91.2 g/mol. The molecular formula is C3H7OS-. The number of rotatable bonds is 1. The highest BCUT2D eigenvalue weighted by Gasteiger charge is 1.43. The fourth-order valence-electron chi connectivity index (χ4n) is 0. The summed E-state index contributed by atoms with van der Waals surface area (Å²) in [5.41, 5.74) is 0. The summed E-state index contributed by atoms with van der Waals surface area (Å²) in [6, 6.07) is 0. The molecule has 0 aromatic carbocycles. The van der Waals surface area contributed by atoms with E-state index in [9.17, 15) is 4.21 Å². The molecule has 0 rings (SSSR count). The summed E-state index contributed by atoms with van der Waals surface area (Å²) in [4.78, 5) is 0. The van der Waals surface area contributed by atoms with Crippen LogP contribution in [0.2, 0.25) is 0 Å². The molecule has 5 heavy (non-hydrogen) atoms. The highest BCUT2D eigenvalue weighted by molar-refractivity contribution is 7.82. The zero-order chi connectivity index (χ0) is 4.28. The van der Waals surface area contributed by atoms with Crippen LogP contribution in [0.1, 0.15) is 6.92 Å². The van der Waals surface area contributed by atoms with Crippen LogP contribution in [0, 0.1) is 0 Å². The Balaban J connectivity index is 3.23. The zero-order valence-electron chi connectivity index (χ0n) is 3.23. The molecule has 0 radical (unpaired) electrons. The van der Waals surface area contributed by atoms with Crippen LogP contribution in [-0.4, -0.2) is 11.6 Å². The number of hydrogen-bond acceptors (Lipinski definition) is 2. The van der Waals surface area contributed by atoms with Gasteiger partial charge < -0.3 is 4.21 Å². The Kier molecular flexibility index (Phi) is 2.28. The fraction of sp³-hybridized carbons (Fsp3) is 0.667. The molecule has 0 bridgehead atoms. The standard InChI is InChI=1S/C3H7OS/c1-3-5(2)4/h2-3H2,1H3/q-1. The van der Waals surface area contributed by atoms with E-state index in [1.54, 1.807) is 0 Å². The molecule has 0 fully saturated rings. The van der Waals surface area contributed by atoms with Crippen LogP contribution in [0.15, 0.2) is 0 Å². The van der Waals surface area contributed by atoms with Crippen LogP contribution >= 0.6 is 0 Å². The zero-order valence-corrected chi connectivity index (χ0v) is 4.05. The Labute approximate surface area is 34.0 Å². The molecule has 1 nitrogen and oxygen atoms in total. The minimum Gasteiger partial charge on any atom is -0.462 e. The Hall–Kier alpha value is 0.0200. The van der Waals surface area contributed by atoms with E-state index < -0.39 is 10.4 Å². The van der Waals surface area contributed by atoms with Gasteiger partial charge in [0.15, 0.2) is 0 Å². The third kappa shape index (κ3) is 4.02. The molecule has 0 amide bonds. The predicted octanol–water partition coefficient (Wildman–Crippen LogP) is 0.402. The summed E-state index contributed by atoms with van der Waals surface area (Å²) in [7, 11) is -0.823. The van der Waals surface area contributed by atoms with Gasteiger partial charge in [0.25, 0.3) is 0 Å². The Morgan fingerprint density at radius 3 is 2.20 bits per heavy atom. The van der Waals surface area contributed by atoms with Crippen LogP contribution < -0.4 is 0 Å². The molecule has 0 aromatic heterocycles. The molecule has 0 spiro atoms. The Morgan fingerprint density at radius 1 is 2.00 bits per heavy atom. The molecule has 0 aliphatic rings. The van der Waals surface area contributed by atoms with Gasteiger partial charge >= 0.3 is 0 Å². The van der Waals surface area contributed by atoms with Gasteiger partial charge in [-0.3, -0.25) is 10.4 Å². The van der Waals surface area contributed by atoms with Crippen molar-refractivity contribution in [2.24, 2.45) is 0 Å². The van der Waals surface area contributed by atoms with Gasteiger partial charge in [-0.25, -0.2) is 0 Å². The highest BCUT2D eigenvalue weighted by atomic mass is 32.2. The van der Waals surface area contributed by atoms with Gasteiger partial charge in [-0.1, -0.05) is 6.92 Å². The maximum Gasteiger partial charge on any atom is -0.0819 e. The molecule has 32 valence electrons. The van der Waals surface area contributed by atoms with Crippen molar-refractivity contribution in [3.05, 3.63) is 0 Å². The molecule has 0 N–H and O–H groups in total. The van der Waals surface area contributed by atoms with Crippen LogP contribution in [0.5, 0.6) is 0 Å². The second kappa shape index (κ2) is 2.27. The lowest BCUT2D eigenvalue weighted by molar-refractivity contribution is 0.604. The lowest BCUT2D eigenvalue weighted by atomic mass is 11.0. The summed E-state index contributed by atoms with van der Waals surface area (Å²) in [6.45, 7) is 1.84. The Bertz CT molecular complexity index is 65.0. The molecule has 0 saturated heterocycles. The van der Waals surface area contributed by atoms with E-state index in [1.807, 2.05) is 6.92 Å². The first-order valence-electron chi connectivity index (χ1n) is 1.45. The molecule has 2 heteroatoms. The first-order valence-corrected chi connectivity index (χ1v) is 2.94. The van der Waals surface area contributed by atoms with E-state index in [0.717, 1.165) is 0 Å². The largest absolute Gasteiger partial charge is 0.462 e. The van der Waals surface area contributed by atoms with E-state index in [1.165, 1.54) is 0 Å². The molecule has 0 aliphatic heterocycles. The second-order valence-electron chi connectivity index (χ2n) is 0.729. The smallest absolute Gasteiger partial charge is 0.0819 e. The van der Waals surface area contributed by atoms with Crippen molar-refractivity contribution in [1.82, 2.24) is 0 Å². The van der Waals surface area contributed by atoms with Gasteiger partial charge in [-0.05, 0) is 0 Å². The fourth-order valence-corrected chi connectivity index (χ4v) is 0. The minimum atomic E-state index is -0.823. The summed E-state index contributed by atoms with van der Waals surface area (Å²) >= 11 is 0. The lowest BCUT2D eigenvalue weighted by Gasteiger charge is -1.82. The first-order chi connectivity index (χ1) is 2.27. The van der Waals surface area contributed by atoms with E-state index >= 15 is 0 Å². The molecule has 0 aromatic rings. The van der Waals surface area contributed by atoms with Crippen molar-refractivity contribution in [2.75, 3.05) is 5.75 Å². The Morgan fingerprint density at radius 2 is 2.20 bits per heavy atom. The van der Waals surface area contributed by atoms with Crippen LogP contribution in [0.3, 0.4) is 0 Å². The van der Waals surface area contributed by atoms with Gasteiger partial charge in [-0.2, -0.15) is 5.87 Å². The summed E-state index contributed by atoms with van der Waals surface area (Å²) in [5, 5.41) is 0. The van der Waals surface area contributed by atoms with Crippen molar-refractivity contribution >= 4 is 16.3 Å². The van der Waals surface area contributed by atoms with E-state index in [-0.39, 0.29) is 0 Å². The van der Waals surface area contributed by atoms with Gasteiger partial charge in [-0.15, -0.1) is 5.75 Å². The molecule has 0 atom stereocenters. The summed E-state index contributed by atoms with van der Waals surface area (Å²) in [6.07, 6.45) is 0. The highest BCUT2D eigenvalue weighted by Crippen LogP contribution is 1.54. The van der Waals surface area contributed by atoms with Gasteiger partial charge in [0, 0.05) is 0 Å². The maximum atomic E-state index is 9.81. The van der Waals surface area contributed by atoms with E-state index in [0.29, 0.717) is 5.75 Å². The van der Waals surface area contributed by atoms with E-state index in [2.05, 4.69) is 5.87 Å². The van der Waals surface area contributed by atoms with Gasteiger partial charge in [0.2, 0.25) is 0 Å². The topological polar surface area (TPSA) is 17.1 Å².